The molecule has 1 aliphatic rings. The number of nitrogens with zero attached hydrogens (tertiary/aromatic N) is 1. The minimum Gasteiger partial charge on any atom is -0.476 e. The number of carbonyl (C=O) groups excluding carboxylic acids is 5. The van der Waals surface area contributed by atoms with Gasteiger partial charge in [-0.2, -0.15) is 0 Å². The Hall–Kier alpha value is -3.80. The van der Waals surface area contributed by atoms with Gasteiger partial charge in [-0.25, -0.2) is 14.4 Å². The van der Waals surface area contributed by atoms with Crippen molar-refractivity contribution in [2.45, 2.75) is 51.6 Å². The monoisotopic (exact) mass is 493 g/mol. The second kappa shape index (κ2) is 13.8. The zero-order valence-corrected chi connectivity index (χ0v) is 19.9. The van der Waals surface area contributed by atoms with E-state index < -0.39 is 47.2 Å². The van der Waals surface area contributed by atoms with Crippen molar-refractivity contribution < 1.29 is 43.3 Å². The van der Waals surface area contributed by atoms with Gasteiger partial charge in [0.1, 0.15) is 6.10 Å². The van der Waals surface area contributed by atoms with E-state index in [1.54, 1.807) is 37.3 Å². The Kier molecular flexibility index (Phi) is 11.5. The van der Waals surface area contributed by atoms with Gasteiger partial charge in [0.25, 0.3) is 5.91 Å². The minimum absolute atomic E-state index is 0.0294. The number of rotatable bonds is 11. The summed E-state index contributed by atoms with van der Waals surface area (Å²) in [5, 5.41) is 9.89. The van der Waals surface area contributed by atoms with Crippen LogP contribution in [0, 0.1) is 0 Å². The van der Waals surface area contributed by atoms with E-state index in [-0.39, 0.29) is 19.6 Å². The molecule has 12 heteroatoms. The van der Waals surface area contributed by atoms with Crippen LogP contribution in [-0.4, -0.2) is 71.6 Å². The molecule has 0 spiro atoms. The maximum atomic E-state index is 13.3. The number of aliphatic carboxylic acids is 1. The molecule has 1 fully saturated rings. The van der Waals surface area contributed by atoms with Crippen LogP contribution in [0.15, 0.2) is 30.3 Å². The normalized spacial score (nSPS) is 18.1. The van der Waals surface area contributed by atoms with Gasteiger partial charge in [-0.3, -0.25) is 24.6 Å². The van der Waals surface area contributed by atoms with E-state index in [0.717, 1.165) is 24.7 Å². The summed E-state index contributed by atoms with van der Waals surface area (Å²) in [7, 11) is 0. The van der Waals surface area contributed by atoms with Gasteiger partial charge in [-0.15, -0.1) is 0 Å². The number of hydrogen-bond donors (Lipinski definition) is 3. The van der Waals surface area contributed by atoms with Crippen LogP contribution in [0.3, 0.4) is 0 Å². The summed E-state index contributed by atoms with van der Waals surface area (Å²) in [6.45, 7) is 4.84. The highest BCUT2D eigenvalue weighted by Gasteiger charge is 2.54. The largest absolute Gasteiger partial charge is 0.476 e. The molecule has 2 unspecified atom stereocenters. The molecular formula is C23H31N3O9. The third-order valence-electron chi connectivity index (χ3n) is 5.18. The van der Waals surface area contributed by atoms with Gasteiger partial charge in [0.2, 0.25) is 11.7 Å². The fourth-order valence-electron chi connectivity index (χ4n) is 3.30. The standard InChI is InChI=1S/C20H27N3O6.C3H4O3/c1-3-5-11-28-13-15(29-18(21)26)12-23-17(25)20(4-2,16(24)22-19(23)27)14-9-7-6-8-10-14;1-2(4)3(5)6/h6-10,15H,3-5,11-13H2,1-2H3,(H2,21,26)(H,22,24,27);1H3,(H,5,6). The number of carboxylic acids is 1. The number of carboxylic acid groups (broad SMARTS) is 1. The van der Waals surface area contributed by atoms with E-state index in [1.807, 2.05) is 6.92 Å². The molecule has 1 aliphatic heterocycles. The number of benzene rings is 1. The quantitative estimate of drug-likeness (QED) is 0.233. The Morgan fingerprint density at radius 1 is 1.14 bits per heavy atom. The average molecular weight is 494 g/mol. The molecule has 1 heterocycles. The predicted octanol–water partition coefficient (Wildman–Crippen LogP) is 1.35. The molecular weight excluding hydrogens is 462 g/mol. The van der Waals surface area contributed by atoms with E-state index in [9.17, 15) is 28.8 Å². The number of ether oxygens (including phenoxy) is 2. The van der Waals surface area contributed by atoms with Crippen LogP contribution in [0.25, 0.3) is 0 Å². The van der Waals surface area contributed by atoms with Crippen molar-refractivity contribution in [1.82, 2.24) is 10.2 Å². The Balaban J connectivity index is 0.000000905. The van der Waals surface area contributed by atoms with Crippen molar-refractivity contribution in [3.8, 4) is 0 Å². The number of urea groups is 1. The molecule has 0 aliphatic carbocycles. The third kappa shape index (κ3) is 7.88. The van der Waals surface area contributed by atoms with Crippen molar-refractivity contribution in [3.63, 3.8) is 0 Å². The number of unbranched alkanes of at least 4 members (excludes halogenated alkanes) is 1. The number of nitrogens with two attached hydrogens (primary N) is 1. The van der Waals surface area contributed by atoms with Crippen LogP contribution in [-0.2, 0) is 34.1 Å². The smallest absolute Gasteiger partial charge is 0.404 e. The van der Waals surface area contributed by atoms with Crippen LogP contribution >= 0.6 is 0 Å². The second-order valence-electron chi connectivity index (χ2n) is 7.65. The number of hydrogen-bond acceptors (Lipinski definition) is 8. The summed E-state index contributed by atoms with van der Waals surface area (Å²) < 4.78 is 10.5. The average Bonchev–Trinajstić information content (AvgIpc) is 2.80. The lowest BCUT2D eigenvalue weighted by Crippen LogP contribution is -2.67. The summed E-state index contributed by atoms with van der Waals surface area (Å²) in [5.41, 5.74) is 4.05. The van der Waals surface area contributed by atoms with E-state index >= 15 is 0 Å². The van der Waals surface area contributed by atoms with Crippen LogP contribution in [0.4, 0.5) is 9.59 Å². The lowest BCUT2D eigenvalue weighted by atomic mass is 9.74. The van der Waals surface area contributed by atoms with E-state index in [0.29, 0.717) is 12.2 Å². The number of primary amides is 1. The first-order valence-corrected chi connectivity index (χ1v) is 11.0. The molecule has 2 rings (SSSR count). The summed E-state index contributed by atoms with van der Waals surface area (Å²) in [4.78, 5) is 69.5. The molecule has 35 heavy (non-hydrogen) atoms. The molecule has 2 atom stereocenters. The van der Waals surface area contributed by atoms with Gasteiger partial charge >= 0.3 is 18.1 Å². The molecule has 1 saturated heterocycles. The van der Waals surface area contributed by atoms with Crippen LogP contribution in [0.2, 0.25) is 0 Å². The summed E-state index contributed by atoms with van der Waals surface area (Å²) >= 11 is 0. The van der Waals surface area contributed by atoms with Crippen LogP contribution < -0.4 is 11.1 Å². The van der Waals surface area contributed by atoms with Gasteiger partial charge in [-0.05, 0) is 18.4 Å². The van der Waals surface area contributed by atoms with E-state index in [1.165, 1.54) is 0 Å². The van der Waals surface area contributed by atoms with Gasteiger partial charge in [0.05, 0.1) is 13.2 Å². The summed E-state index contributed by atoms with van der Waals surface area (Å²) in [5.74, 6) is -3.56. The molecule has 0 bridgehead atoms. The Bertz CT molecular complexity index is 923. The summed E-state index contributed by atoms with van der Waals surface area (Å²) in [6, 6.07) is 7.67. The topological polar surface area (TPSA) is 182 Å². The van der Waals surface area contributed by atoms with Crippen molar-refractivity contribution in [2.24, 2.45) is 5.73 Å². The van der Waals surface area contributed by atoms with Gasteiger partial charge in [0, 0.05) is 13.5 Å². The molecule has 192 valence electrons. The van der Waals surface area contributed by atoms with E-state index in [4.69, 9.17) is 20.3 Å². The molecule has 0 aromatic heterocycles. The number of amides is 5. The van der Waals surface area contributed by atoms with Gasteiger partial charge in [-0.1, -0.05) is 50.6 Å². The molecule has 1 aromatic carbocycles. The molecule has 12 nitrogen and oxygen atoms in total. The highest BCUT2D eigenvalue weighted by atomic mass is 16.6. The third-order valence-corrected chi connectivity index (χ3v) is 5.18. The van der Waals surface area contributed by atoms with Gasteiger partial charge < -0.3 is 20.3 Å². The number of Topliss-reactive ketones (excluding diaryl/α,β-unsaturated/α-hetero) is 1. The lowest BCUT2D eigenvalue weighted by molar-refractivity contribution is -0.148. The Morgan fingerprint density at radius 3 is 2.23 bits per heavy atom. The van der Waals surface area contributed by atoms with Crippen LogP contribution in [0.1, 0.15) is 45.6 Å². The van der Waals surface area contributed by atoms with E-state index in [2.05, 4.69) is 5.32 Å². The number of nitrogens with one attached hydrogen (secondary N) is 1. The number of ketones is 1. The van der Waals surface area contributed by atoms with Gasteiger partial charge in [0.15, 0.2) is 5.41 Å². The first kappa shape index (κ1) is 29.2. The molecule has 1 aromatic rings. The zero-order valence-electron chi connectivity index (χ0n) is 19.9. The highest BCUT2D eigenvalue weighted by molar-refractivity contribution is 6.31. The maximum absolute atomic E-state index is 13.3. The molecule has 5 amide bonds. The Morgan fingerprint density at radius 2 is 1.74 bits per heavy atom. The molecule has 0 saturated carbocycles. The van der Waals surface area contributed by atoms with Crippen LogP contribution in [0.5, 0.6) is 0 Å². The second-order valence-corrected chi connectivity index (χ2v) is 7.65. The molecule has 0 radical (unpaired) electrons. The predicted molar refractivity (Wildman–Crippen MR) is 122 cm³/mol. The minimum atomic E-state index is -1.55. The first-order valence-electron chi connectivity index (χ1n) is 11.0. The van der Waals surface area contributed by atoms with Crippen molar-refractivity contribution in [3.05, 3.63) is 35.9 Å². The Labute approximate surface area is 202 Å². The zero-order chi connectivity index (χ0) is 26.6. The first-order chi connectivity index (χ1) is 16.5. The maximum Gasteiger partial charge on any atom is 0.404 e. The summed E-state index contributed by atoms with van der Waals surface area (Å²) in [6.07, 6.45) is -0.0994. The fraction of sp³-hybridized carbons (Fsp3) is 0.478. The van der Waals surface area contributed by atoms with Crippen molar-refractivity contribution in [2.75, 3.05) is 19.8 Å². The molecule has 4 N–H and O–H groups in total. The SMILES string of the molecule is CC(=O)C(=O)O.CCCCOCC(CN1C(=O)NC(=O)C(CC)(c2ccccc2)C1=O)OC(N)=O. The number of carbonyl (C=O) groups is 6. The number of barbiturate groups is 1. The van der Waals surface area contributed by atoms with Crippen molar-refractivity contribution in [1.29, 1.82) is 0 Å². The highest BCUT2D eigenvalue weighted by Crippen LogP contribution is 2.33. The fourth-order valence-corrected chi connectivity index (χ4v) is 3.30. The number of imide groups is 2. The lowest BCUT2D eigenvalue weighted by Gasteiger charge is -2.39. The van der Waals surface area contributed by atoms with Crippen molar-refractivity contribution >= 4 is 35.7 Å².